The molecule has 0 aromatic heterocycles. The molecule has 0 radical (unpaired) electrons. The van der Waals surface area contributed by atoms with Crippen LogP contribution in [-0.4, -0.2) is 49.2 Å². The Morgan fingerprint density at radius 3 is 2.80 bits per heavy atom. The van der Waals surface area contributed by atoms with Gasteiger partial charge >= 0.3 is 0 Å². The van der Waals surface area contributed by atoms with Crippen molar-refractivity contribution >= 4 is 5.91 Å². The minimum atomic E-state index is 0.106. The molecule has 4 heteroatoms. The highest BCUT2D eigenvalue weighted by atomic mass is 16.3. The van der Waals surface area contributed by atoms with Crippen molar-refractivity contribution in [2.75, 3.05) is 27.2 Å². The molecule has 1 aliphatic rings. The lowest BCUT2D eigenvalue weighted by molar-refractivity contribution is -0.122. The Morgan fingerprint density at radius 1 is 1.47 bits per heavy atom. The van der Waals surface area contributed by atoms with Gasteiger partial charge in [0, 0.05) is 31.5 Å². The van der Waals surface area contributed by atoms with Crippen LogP contribution in [0.15, 0.2) is 0 Å². The van der Waals surface area contributed by atoms with E-state index < -0.39 is 0 Å². The quantitative estimate of drug-likeness (QED) is 0.688. The topological polar surface area (TPSA) is 52.6 Å². The van der Waals surface area contributed by atoms with Crippen LogP contribution in [0.4, 0.5) is 0 Å². The molecule has 0 aromatic carbocycles. The molecule has 0 spiro atoms. The van der Waals surface area contributed by atoms with Gasteiger partial charge in [0.05, 0.1) is 0 Å². The number of aliphatic hydroxyl groups excluding tert-OH is 1. The summed E-state index contributed by atoms with van der Waals surface area (Å²) in [6.45, 7) is 0.973. The number of rotatable bonds is 5. The number of aliphatic hydroxyl groups is 1. The fourth-order valence-electron chi connectivity index (χ4n) is 2.05. The number of hydrogen-bond donors (Lipinski definition) is 2. The first-order valence-electron chi connectivity index (χ1n) is 5.68. The molecule has 2 N–H and O–H groups in total. The highest BCUT2D eigenvalue weighted by Gasteiger charge is 2.27. The van der Waals surface area contributed by atoms with Crippen molar-refractivity contribution in [1.82, 2.24) is 10.2 Å². The van der Waals surface area contributed by atoms with Crippen LogP contribution in [0.25, 0.3) is 0 Å². The molecule has 0 saturated heterocycles. The SMILES string of the molecule is CN(C)CCC(=O)NC1CCCC1CO. The van der Waals surface area contributed by atoms with E-state index in [1.165, 1.54) is 0 Å². The van der Waals surface area contributed by atoms with Crippen LogP contribution < -0.4 is 5.32 Å². The molecule has 1 aliphatic carbocycles. The summed E-state index contributed by atoms with van der Waals surface area (Å²) >= 11 is 0. The van der Waals surface area contributed by atoms with Crippen LogP contribution in [0.5, 0.6) is 0 Å². The zero-order chi connectivity index (χ0) is 11.3. The van der Waals surface area contributed by atoms with E-state index in [0.717, 1.165) is 25.8 Å². The van der Waals surface area contributed by atoms with Crippen LogP contribution in [0.2, 0.25) is 0 Å². The summed E-state index contributed by atoms with van der Waals surface area (Å²) in [7, 11) is 3.92. The molecule has 0 aliphatic heterocycles. The van der Waals surface area contributed by atoms with Crippen molar-refractivity contribution in [2.24, 2.45) is 5.92 Å². The smallest absolute Gasteiger partial charge is 0.221 e. The third-order valence-electron chi connectivity index (χ3n) is 3.03. The van der Waals surface area contributed by atoms with Gasteiger partial charge in [-0.25, -0.2) is 0 Å². The predicted molar refractivity (Wildman–Crippen MR) is 59.5 cm³/mol. The first kappa shape index (κ1) is 12.5. The average molecular weight is 214 g/mol. The summed E-state index contributed by atoms with van der Waals surface area (Å²) in [5.74, 6) is 0.377. The van der Waals surface area contributed by atoms with E-state index in [9.17, 15) is 4.79 Å². The number of carbonyl (C=O) groups is 1. The van der Waals surface area contributed by atoms with E-state index in [1.54, 1.807) is 0 Å². The minimum Gasteiger partial charge on any atom is -0.396 e. The number of nitrogens with one attached hydrogen (secondary N) is 1. The minimum absolute atomic E-state index is 0.106. The van der Waals surface area contributed by atoms with E-state index in [2.05, 4.69) is 5.32 Å². The van der Waals surface area contributed by atoms with Gasteiger partial charge in [-0.3, -0.25) is 4.79 Å². The molecule has 0 aromatic rings. The molecule has 1 amide bonds. The summed E-state index contributed by atoms with van der Waals surface area (Å²) in [5, 5.41) is 12.1. The molecular weight excluding hydrogens is 192 g/mol. The maximum atomic E-state index is 11.5. The van der Waals surface area contributed by atoms with E-state index in [4.69, 9.17) is 5.11 Å². The number of hydrogen-bond acceptors (Lipinski definition) is 3. The highest BCUT2D eigenvalue weighted by Crippen LogP contribution is 2.24. The van der Waals surface area contributed by atoms with Crippen molar-refractivity contribution in [3.63, 3.8) is 0 Å². The van der Waals surface area contributed by atoms with Gasteiger partial charge < -0.3 is 15.3 Å². The Balaban J connectivity index is 2.24. The number of amides is 1. The normalized spacial score (nSPS) is 25.9. The Morgan fingerprint density at radius 2 is 2.20 bits per heavy atom. The molecule has 2 unspecified atom stereocenters. The van der Waals surface area contributed by atoms with E-state index >= 15 is 0 Å². The first-order valence-corrected chi connectivity index (χ1v) is 5.68. The second-order valence-corrected chi connectivity index (χ2v) is 4.60. The van der Waals surface area contributed by atoms with Gasteiger partial charge in [0.1, 0.15) is 0 Å². The zero-order valence-corrected chi connectivity index (χ0v) is 9.70. The number of nitrogens with zero attached hydrogens (tertiary/aromatic N) is 1. The molecule has 4 nitrogen and oxygen atoms in total. The molecule has 88 valence electrons. The van der Waals surface area contributed by atoms with E-state index in [-0.39, 0.29) is 24.5 Å². The second-order valence-electron chi connectivity index (χ2n) is 4.60. The summed E-state index contributed by atoms with van der Waals surface area (Å²) < 4.78 is 0. The second kappa shape index (κ2) is 6.08. The largest absolute Gasteiger partial charge is 0.396 e. The monoisotopic (exact) mass is 214 g/mol. The lowest BCUT2D eigenvalue weighted by Gasteiger charge is -2.19. The van der Waals surface area contributed by atoms with Crippen molar-refractivity contribution < 1.29 is 9.90 Å². The van der Waals surface area contributed by atoms with Gasteiger partial charge in [-0.2, -0.15) is 0 Å². The maximum Gasteiger partial charge on any atom is 0.221 e. The first-order chi connectivity index (χ1) is 7.13. The van der Waals surface area contributed by atoms with Crippen molar-refractivity contribution in [3.8, 4) is 0 Å². The Labute approximate surface area is 91.6 Å². The van der Waals surface area contributed by atoms with Gasteiger partial charge in [-0.1, -0.05) is 6.42 Å². The molecule has 0 bridgehead atoms. The summed E-state index contributed by atoms with van der Waals surface area (Å²) in [6, 6.07) is 0.199. The summed E-state index contributed by atoms with van der Waals surface area (Å²) in [6.07, 6.45) is 3.71. The molecular formula is C11H22N2O2. The fourth-order valence-corrected chi connectivity index (χ4v) is 2.05. The van der Waals surface area contributed by atoms with E-state index in [0.29, 0.717) is 6.42 Å². The van der Waals surface area contributed by atoms with Crippen molar-refractivity contribution in [1.29, 1.82) is 0 Å². The molecule has 15 heavy (non-hydrogen) atoms. The third kappa shape index (κ3) is 4.18. The predicted octanol–water partition coefficient (Wildman–Crippen LogP) is 0.215. The lowest BCUT2D eigenvalue weighted by Crippen LogP contribution is -2.39. The van der Waals surface area contributed by atoms with Crippen LogP contribution in [0.3, 0.4) is 0 Å². The van der Waals surface area contributed by atoms with Crippen LogP contribution >= 0.6 is 0 Å². The summed E-state index contributed by atoms with van der Waals surface area (Å²) in [5.41, 5.74) is 0. The third-order valence-corrected chi connectivity index (χ3v) is 3.03. The summed E-state index contributed by atoms with van der Waals surface area (Å²) in [4.78, 5) is 13.5. The molecule has 2 atom stereocenters. The Bertz CT molecular complexity index is 207. The molecule has 1 fully saturated rings. The van der Waals surface area contributed by atoms with Gasteiger partial charge in [-0.15, -0.1) is 0 Å². The van der Waals surface area contributed by atoms with Crippen molar-refractivity contribution in [3.05, 3.63) is 0 Å². The van der Waals surface area contributed by atoms with Crippen LogP contribution in [0, 0.1) is 5.92 Å². The average Bonchev–Trinajstić information content (AvgIpc) is 2.62. The van der Waals surface area contributed by atoms with Gasteiger partial charge in [0.15, 0.2) is 0 Å². The maximum absolute atomic E-state index is 11.5. The fraction of sp³-hybridized carbons (Fsp3) is 0.909. The van der Waals surface area contributed by atoms with Crippen LogP contribution in [0.1, 0.15) is 25.7 Å². The van der Waals surface area contributed by atoms with Gasteiger partial charge in [-0.05, 0) is 26.9 Å². The Hall–Kier alpha value is -0.610. The number of carbonyl (C=O) groups excluding carboxylic acids is 1. The molecule has 0 heterocycles. The van der Waals surface area contributed by atoms with E-state index in [1.807, 2.05) is 19.0 Å². The molecule has 1 rings (SSSR count). The molecule has 1 saturated carbocycles. The zero-order valence-electron chi connectivity index (χ0n) is 9.70. The lowest BCUT2D eigenvalue weighted by atomic mass is 10.1. The van der Waals surface area contributed by atoms with Gasteiger partial charge in [0.25, 0.3) is 0 Å². The highest BCUT2D eigenvalue weighted by molar-refractivity contribution is 5.76. The standard InChI is InChI=1S/C11H22N2O2/c1-13(2)7-6-11(15)12-10-5-3-4-9(10)8-14/h9-10,14H,3-8H2,1-2H3,(H,12,15). The Kier molecular flexibility index (Phi) is 5.05. The van der Waals surface area contributed by atoms with Crippen LogP contribution in [-0.2, 0) is 4.79 Å². The van der Waals surface area contributed by atoms with Crippen molar-refractivity contribution in [2.45, 2.75) is 31.7 Å². The van der Waals surface area contributed by atoms with Gasteiger partial charge in [0.2, 0.25) is 5.91 Å².